The molecular formula is C37H50F3N7O. The first-order valence-corrected chi connectivity index (χ1v) is 17.3. The summed E-state index contributed by atoms with van der Waals surface area (Å²) < 4.78 is 49.5. The molecule has 1 N–H and O–H groups in total. The maximum Gasteiger partial charge on any atom is 0.278 e. The number of anilines is 2. The lowest BCUT2D eigenvalue weighted by Gasteiger charge is -2.38. The molecule has 0 aliphatic carbocycles. The summed E-state index contributed by atoms with van der Waals surface area (Å²) in [4.78, 5) is 29.6. The van der Waals surface area contributed by atoms with E-state index in [1.807, 2.05) is 12.1 Å². The Bertz CT molecular complexity index is 1630. The number of pyridine rings is 1. The second-order valence-corrected chi connectivity index (χ2v) is 13.4. The third-order valence-electron chi connectivity index (χ3n) is 9.98. The van der Waals surface area contributed by atoms with Crippen LogP contribution in [0.25, 0.3) is 11.0 Å². The van der Waals surface area contributed by atoms with E-state index in [0.717, 1.165) is 32.4 Å². The highest BCUT2D eigenvalue weighted by molar-refractivity contribution is 5.89. The number of aromatic nitrogens is 3. The molecule has 3 aromatic rings. The minimum absolute atomic E-state index is 0.104. The second-order valence-electron chi connectivity index (χ2n) is 13.4. The van der Waals surface area contributed by atoms with Gasteiger partial charge in [0.15, 0.2) is 0 Å². The van der Waals surface area contributed by atoms with Crippen molar-refractivity contribution >= 4 is 22.5 Å². The number of alkyl halides is 2. The summed E-state index contributed by atoms with van der Waals surface area (Å²) in [6.07, 6.45) is 8.11. The molecular weight excluding hydrogens is 615 g/mol. The van der Waals surface area contributed by atoms with Crippen molar-refractivity contribution in [2.45, 2.75) is 77.4 Å². The first-order chi connectivity index (χ1) is 23.1. The fraction of sp³-hybridized carbons (Fsp3) is 0.541. The zero-order valence-corrected chi connectivity index (χ0v) is 28.6. The molecule has 11 heteroatoms. The zero-order valence-electron chi connectivity index (χ0n) is 28.6. The molecule has 8 nitrogen and oxygen atoms in total. The van der Waals surface area contributed by atoms with Crippen LogP contribution in [0.15, 0.2) is 60.7 Å². The van der Waals surface area contributed by atoms with Crippen LogP contribution in [-0.4, -0.2) is 76.2 Å². The van der Waals surface area contributed by atoms with E-state index in [9.17, 15) is 4.79 Å². The van der Waals surface area contributed by atoms with E-state index >= 15 is 13.2 Å². The summed E-state index contributed by atoms with van der Waals surface area (Å²) in [6, 6.07) is 5.80. The molecule has 0 saturated carbocycles. The molecule has 2 aromatic heterocycles. The Labute approximate surface area is 282 Å². The lowest BCUT2D eigenvalue weighted by Crippen LogP contribution is -2.50. The molecule has 0 spiro atoms. The monoisotopic (exact) mass is 665 g/mol. The van der Waals surface area contributed by atoms with Crippen molar-refractivity contribution in [2.75, 3.05) is 56.0 Å². The van der Waals surface area contributed by atoms with E-state index in [4.69, 9.17) is 0 Å². The van der Waals surface area contributed by atoms with Gasteiger partial charge in [0.25, 0.3) is 11.5 Å². The second kappa shape index (κ2) is 15.7. The highest BCUT2D eigenvalue weighted by Gasteiger charge is 2.45. The number of nitrogens with one attached hydrogen (secondary N) is 1. The summed E-state index contributed by atoms with van der Waals surface area (Å²) in [6.45, 7) is 18.9. The quantitative estimate of drug-likeness (QED) is 0.147. The minimum atomic E-state index is -3.31. The van der Waals surface area contributed by atoms with Crippen LogP contribution < -0.4 is 15.8 Å². The van der Waals surface area contributed by atoms with Crippen LogP contribution in [0.1, 0.15) is 70.0 Å². The molecule has 1 aromatic carbocycles. The lowest BCUT2D eigenvalue weighted by molar-refractivity contribution is -0.0872. The smallest absolute Gasteiger partial charge is 0.278 e. The van der Waals surface area contributed by atoms with Crippen molar-refractivity contribution in [1.29, 1.82) is 0 Å². The van der Waals surface area contributed by atoms with Gasteiger partial charge in [0, 0.05) is 56.8 Å². The largest absolute Gasteiger partial charge is 0.364 e. The highest BCUT2D eigenvalue weighted by atomic mass is 19.3. The number of piperazine rings is 1. The van der Waals surface area contributed by atoms with Crippen molar-refractivity contribution in [2.24, 2.45) is 5.92 Å². The van der Waals surface area contributed by atoms with Crippen LogP contribution in [0.3, 0.4) is 0 Å². The minimum Gasteiger partial charge on any atom is -0.364 e. The van der Waals surface area contributed by atoms with Crippen LogP contribution in [0, 0.1) is 11.7 Å². The Balaban J connectivity index is 1.45. The molecule has 0 amide bonds. The Hall–Kier alpha value is -3.70. The van der Waals surface area contributed by atoms with E-state index < -0.39 is 29.3 Å². The van der Waals surface area contributed by atoms with Gasteiger partial charge < -0.3 is 10.2 Å². The molecule has 260 valence electrons. The van der Waals surface area contributed by atoms with E-state index in [2.05, 4.69) is 57.0 Å². The molecule has 4 heterocycles. The summed E-state index contributed by atoms with van der Waals surface area (Å²) in [5, 5.41) is 3.91. The average Bonchev–Trinajstić information content (AvgIpc) is 3.08. The number of hydrogen-bond acceptors (Lipinski definition) is 7. The maximum absolute atomic E-state index is 16.1. The van der Waals surface area contributed by atoms with Crippen LogP contribution in [0.4, 0.5) is 24.7 Å². The average molecular weight is 666 g/mol. The number of piperidine rings is 1. The first-order valence-electron chi connectivity index (χ1n) is 17.3. The first kappa shape index (κ1) is 35.6. The fourth-order valence-electron chi connectivity index (χ4n) is 7.06. The maximum atomic E-state index is 16.1. The van der Waals surface area contributed by atoms with Crippen molar-refractivity contribution < 1.29 is 13.2 Å². The van der Waals surface area contributed by atoms with Gasteiger partial charge >= 0.3 is 0 Å². The molecule has 0 unspecified atom stereocenters. The highest BCUT2D eigenvalue weighted by Crippen LogP contribution is 2.43. The number of fused-ring (bicyclic) bond motifs is 1. The molecule has 2 saturated heterocycles. The van der Waals surface area contributed by atoms with Gasteiger partial charge in [0.05, 0.1) is 17.0 Å². The van der Waals surface area contributed by atoms with Gasteiger partial charge in [-0.25, -0.2) is 23.1 Å². The topological polar surface area (TPSA) is 69.5 Å². The van der Waals surface area contributed by atoms with E-state index in [1.54, 1.807) is 17.6 Å². The number of halogens is 3. The van der Waals surface area contributed by atoms with Gasteiger partial charge in [-0.15, -0.1) is 13.2 Å². The SMILES string of the molecule is C=CCCCCn1c(=O)c(N2CCN(C(C)C)CC2)cc2c(N[C@H](C)c3cccc(C(F)(F)C4CCN(CC=C)CC4)c3F)ncnc21. The lowest BCUT2D eigenvalue weighted by atomic mass is 9.85. The summed E-state index contributed by atoms with van der Waals surface area (Å²) in [5.41, 5.74) is 0.516. The Morgan fingerprint density at radius 1 is 1.02 bits per heavy atom. The summed E-state index contributed by atoms with van der Waals surface area (Å²) >= 11 is 0. The summed E-state index contributed by atoms with van der Waals surface area (Å²) in [5.74, 6) is -4.74. The Morgan fingerprint density at radius 3 is 2.42 bits per heavy atom. The molecule has 48 heavy (non-hydrogen) atoms. The van der Waals surface area contributed by atoms with Gasteiger partial charge in [-0.2, -0.15) is 0 Å². The standard InChI is InChI=1S/C37H50F3N7O/c1-6-8-9-10-17-47-35-30(24-32(36(47)48)46-22-20-45(21-23-46)26(3)4)34(41-25-42-35)43-27(5)29-12-11-13-31(33(29)38)37(39,40)28-14-18-44(16-7-2)19-15-28/h6-7,11-13,24-28H,1-2,8-10,14-23H2,3-5H3,(H,41,42,43)/t27-/m1/s1. The van der Waals surface area contributed by atoms with Gasteiger partial charge in [0.2, 0.25) is 0 Å². The van der Waals surface area contributed by atoms with Crippen molar-refractivity contribution in [3.63, 3.8) is 0 Å². The molecule has 1 atom stereocenters. The van der Waals surface area contributed by atoms with Crippen LogP contribution >= 0.6 is 0 Å². The Kier molecular flexibility index (Phi) is 11.6. The number of hydrogen-bond donors (Lipinski definition) is 1. The molecule has 2 aliphatic heterocycles. The normalized spacial score (nSPS) is 17.6. The van der Waals surface area contributed by atoms with Gasteiger partial charge in [-0.05, 0) is 72.0 Å². The van der Waals surface area contributed by atoms with Crippen LogP contribution in [0.5, 0.6) is 0 Å². The number of benzene rings is 1. The van der Waals surface area contributed by atoms with Crippen LogP contribution in [0.2, 0.25) is 0 Å². The number of rotatable bonds is 14. The number of unbranched alkanes of at least 4 members (excludes halogenated alkanes) is 2. The van der Waals surface area contributed by atoms with E-state index in [1.165, 1.54) is 24.5 Å². The molecule has 5 rings (SSSR count). The van der Waals surface area contributed by atoms with Crippen LogP contribution in [-0.2, 0) is 12.5 Å². The third kappa shape index (κ3) is 7.62. The predicted molar refractivity (Wildman–Crippen MR) is 188 cm³/mol. The number of allylic oxidation sites excluding steroid dienone is 1. The molecule has 0 bridgehead atoms. The van der Waals surface area contributed by atoms with Gasteiger partial charge in [-0.3, -0.25) is 19.2 Å². The number of nitrogens with zero attached hydrogens (tertiary/aromatic N) is 6. The zero-order chi connectivity index (χ0) is 34.4. The van der Waals surface area contributed by atoms with Crippen molar-refractivity contribution in [3.05, 3.63) is 83.2 Å². The van der Waals surface area contributed by atoms with Gasteiger partial charge in [-0.1, -0.05) is 30.4 Å². The Morgan fingerprint density at radius 2 is 1.75 bits per heavy atom. The number of likely N-dealkylation sites (tertiary alicyclic amines) is 1. The van der Waals surface area contributed by atoms with Gasteiger partial charge in [0.1, 0.15) is 29.3 Å². The van der Waals surface area contributed by atoms with E-state index in [-0.39, 0.29) is 24.0 Å². The summed E-state index contributed by atoms with van der Waals surface area (Å²) in [7, 11) is 0. The number of aryl methyl sites for hydroxylation is 1. The van der Waals surface area contributed by atoms with Crippen molar-refractivity contribution in [3.8, 4) is 0 Å². The molecule has 0 radical (unpaired) electrons. The molecule has 2 fully saturated rings. The third-order valence-corrected chi connectivity index (χ3v) is 9.98. The molecule has 2 aliphatic rings. The van der Waals surface area contributed by atoms with Crippen molar-refractivity contribution in [1.82, 2.24) is 24.3 Å². The van der Waals surface area contributed by atoms with E-state index in [0.29, 0.717) is 67.8 Å². The predicted octanol–water partition coefficient (Wildman–Crippen LogP) is 6.98. The fourth-order valence-corrected chi connectivity index (χ4v) is 7.06.